The summed E-state index contributed by atoms with van der Waals surface area (Å²) in [6.07, 6.45) is 5.64. The molecule has 0 N–H and O–H groups in total. The molecule has 0 spiro atoms. The Morgan fingerprint density at radius 2 is 1.45 bits per heavy atom. The first-order valence-electron chi connectivity index (χ1n) is 9.01. The molecule has 1 heterocycles. The van der Waals surface area contributed by atoms with Crippen molar-refractivity contribution in [2.45, 2.75) is 32.2 Å². The third-order valence-corrected chi connectivity index (χ3v) is 5.19. The Kier molecular flexibility index (Phi) is 4.35. The molecule has 2 saturated carbocycles. The van der Waals surface area contributed by atoms with E-state index >= 15 is 0 Å². The molecule has 1 aromatic rings. The average Bonchev–Trinajstić information content (AvgIpc) is 3.44. The Morgan fingerprint density at radius 1 is 0.818 bits per heavy atom. The van der Waals surface area contributed by atoms with Crippen molar-refractivity contribution < 1.29 is 4.74 Å². The molecule has 22 heavy (non-hydrogen) atoms. The van der Waals surface area contributed by atoms with Crippen molar-refractivity contribution >= 4 is 0 Å². The molecule has 0 unspecified atom stereocenters. The van der Waals surface area contributed by atoms with Gasteiger partial charge in [0.15, 0.2) is 0 Å². The highest BCUT2D eigenvalue weighted by molar-refractivity contribution is 5.27. The lowest BCUT2D eigenvalue weighted by molar-refractivity contribution is 0.123. The molecule has 3 heteroatoms. The molecule has 1 saturated heterocycles. The molecular formula is C19H28N2O. The van der Waals surface area contributed by atoms with Crippen LogP contribution in [0.15, 0.2) is 24.3 Å². The van der Waals surface area contributed by atoms with E-state index in [-0.39, 0.29) is 0 Å². The highest BCUT2D eigenvalue weighted by Crippen LogP contribution is 2.30. The van der Waals surface area contributed by atoms with Gasteiger partial charge in [-0.3, -0.25) is 4.90 Å². The molecule has 1 aromatic carbocycles. The van der Waals surface area contributed by atoms with E-state index in [9.17, 15) is 0 Å². The zero-order chi connectivity index (χ0) is 14.8. The van der Waals surface area contributed by atoms with E-state index in [2.05, 4.69) is 34.1 Å². The maximum atomic E-state index is 5.81. The van der Waals surface area contributed by atoms with Gasteiger partial charge in [-0.05, 0) is 55.2 Å². The zero-order valence-corrected chi connectivity index (χ0v) is 13.5. The van der Waals surface area contributed by atoms with Gasteiger partial charge in [-0.15, -0.1) is 0 Å². The number of rotatable bonds is 7. The van der Waals surface area contributed by atoms with Crippen LogP contribution in [0, 0.1) is 11.8 Å². The van der Waals surface area contributed by atoms with Crippen molar-refractivity contribution in [3.63, 3.8) is 0 Å². The summed E-state index contributed by atoms with van der Waals surface area (Å²) in [6, 6.07) is 8.75. The van der Waals surface area contributed by atoms with Crippen LogP contribution in [0.4, 0.5) is 0 Å². The second kappa shape index (κ2) is 6.59. The van der Waals surface area contributed by atoms with Crippen LogP contribution in [-0.2, 0) is 6.54 Å². The largest absolute Gasteiger partial charge is 0.493 e. The normalized spacial score (nSPS) is 23.6. The second-order valence-corrected chi connectivity index (χ2v) is 7.42. The Morgan fingerprint density at radius 3 is 2.09 bits per heavy atom. The van der Waals surface area contributed by atoms with Crippen LogP contribution in [0.5, 0.6) is 5.75 Å². The Hall–Kier alpha value is -1.06. The van der Waals surface area contributed by atoms with Crippen molar-refractivity contribution in [1.29, 1.82) is 0 Å². The molecule has 4 rings (SSSR count). The quantitative estimate of drug-likeness (QED) is 0.770. The SMILES string of the molecule is c1cc(OCC2CC2)ccc1CN1CCN(CC2CC2)CC1. The topological polar surface area (TPSA) is 15.7 Å². The molecule has 0 bridgehead atoms. The van der Waals surface area contributed by atoms with Gasteiger partial charge in [0.25, 0.3) is 0 Å². The van der Waals surface area contributed by atoms with E-state index in [0.29, 0.717) is 0 Å². The Labute approximate surface area is 134 Å². The molecule has 0 amide bonds. The van der Waals surface area contributed by atoms with Crippen molar-refractivity contribution in [3.05, 3.63) is 29.8 Å². The van der Waals surface area contributed by atoms with Crippen molar-refractivity contribution in [2.75, 3.05) is 39.3 Å². The minimum Gasteiger partial charge on any atom is -0.493 e. The molecule has 2 aliphatic carbocycles. The van der Waals surface area contributed by atoms with E-state index in [1.165, 1.54) is 64.0 Å². The number of hydrogen-bond acceptors (Lipinski definition) is 3. The first kappa shape index (κ1) is 14.5. The second-order valence-electron chi connectivity index (χ2n) is 7.42. The molecule has 1 aliphatic heterocycles. The maximum absolute atomic E-state index is 5.81. The third-order valence-electron chi connectivity index (χ3n) is 5.19. The lowest BCUT2D eigenvalue weighted by Crippen LogP contribution is -2.46. The standard InChI is InChI=1S/C19H28N2O/c1-2-16(1)13-20-9-11-21(12-10-20)14-17-5-7-19(8-6-17)22-15-18-3-4-18/h5-8,16,18H,1-4,9-15H2. The van der Waals surface area contributed by atoms with E-state index in [1.54, 1.807) is 0 Å². The van der Waals surface area contributed by atoms with Crippen molar-refractivity contribution in [1.82, 2.24) is 9.80 Å². The molecule has 0 radical (unpaired) electrons. The van der Waals surface area contributed by atoms with Crippen LogP contribution in [-0.4, -0.2) is 49.1 Å². The van der Waals surface area contributed by atoms with Crippen molar-refractivity contribution in [2.24, 2.45) is 11.8 Å². The summed E-state index contributed by atoms with van der Waals surface area (Å²) in [5.74, 6) is 2.88. The van der Waals surface area contributed by atoms with Gasteiger partial charge < -0.3 is 9.64 Å². The predicted molar refractivity (Wildman–Crippen MR) is 89.1 cm³/mol. The minimum absolute atomic E-state index is 0.826. The Bertz CT molecular complexity index is 471. The highest BCUT2D eigenvalue weighted by Gasteiger charge is 2.26. The van der Waals surface area contributed by atoms with Crippen LogP contribution in [0.1, 0.15) is 31.2 Å². The lowest BCUT2D eigenvalue weighted by Gasteiger charge is -2.34. The first-order valence-corrected chi connectivity index (χ1v) is 9.01. The lowest BCUT2D eigenvalue weighted by atomic mass is 10.2. The molecule has 3 aliphatic rings. The number of piperazine rings is 1. The van der Waals surface area contributed by atoms with Crippen LogP contribution < -0.4 is 4.74 Å². The molecule has 0 aromatic heterocycles. The molecular weight excluding hydrogens is 272 g/mol. The van der Waals surface area contributed by atoms with Crippen LogP contribution in [0.25, 0.3) is 0 Å². The predicted octanol–water partition coefficient (Wildman–Crippen LogP) is 3.00. The van der Waals surface area contributed by atoms with Gasteiger partial charge in [0, 0.05) is 39.3 Å². The number of benzene rings is 1. The van der Waals surface area contributed by atoms with Gasteiger partial charge in [-0.2, -0.15) is 0 Å². The molecule has 120 valence electrons. The molecule has 3 fully saturated rings. The third kappa shape index (κ3) is 4.23. The number of ether oxygens (including phenoxy) is 1. The maximum Gasteiger partial charge on any atom is 0.119 e. The summed E-state index contributed by atoms with van der Waals surface area (Å²) in [7, 11) is 0. The van der Waals surface area contributed by atoms with Gasteiger partial charge in [0.2, 0.25) is 0 Å². The summed E-state index contributed by atoms with van der Waals surface area (Å²) in [4.78, 5) is 5.24. The van der Waals surface area contributed by atoms with Crippen LogP contribution in [0.3, 0.4) is 0 Å². The van der Waals surface area contributed by atoms with E-state index < -0.39 is 0 Å². The minimum atomic E-state index is 0.826. The van der Waals surface area contributed by atoms with Crippen LogP contribution >= 0.6 is 0 Å². The van der Waals surface area contributed by atoms with Crippen LogP contribution in [0.2, 0.25) is 0 Å². The summed E-state index contributed by atoms with van der Waals surface area (Å²) >= 11 is 0. The average molecular weight is 300 g/mol. The zero-order valence-electron chi connectivity index (χ0n) is 13.5. The van der Waals surface area contributed by atoms with Gasteiger partial charge in [-0.1, -0.05) is 12.1 Å². The fourth-order valence-electron chi connectivity index (χ4n) is 3.24. The van der Waals surface area contributed by atoms with E-state index in [4.69, 9.17) is 4.74 Å². The summed E-state index contributed by atoms with van der Waals surface area (Å²) in [5.41, 5.74) is 1.41. The smallest absolute Gasteiger partial charge is 0.119 e. The fraction of sp³-hybridized carbons (Fsp3) is 0.684. The van der Waals surface area contributed by atoms with Gasteiger partial charge in [0.1, 0.15) is 5.75 Å². The molecule has 3 nitrogen and oxygen atoms in total. The van der Waals surface area contributed by atoms with Gasteiger partial charge >= 0.3 is 0 Å². The number of hydrogen-bond donors (Lipinski definition) is 0. The molecule has 0 atom stereocenters. The van der Waals surface area contributed by atoms with E-state index in [0.717, 1.165) is 30.7 Å². The first-order chi connectivity index (χ1) is 10.8. The summed E-state index contributed by atoms with van der Waals surface area (Å²) < 4.78 is 5.81. The van der Waals surface area contributed by atoms with E-state index in [1.807, 2.05) is 0 Å². The summed E-state index contributed by atoms with van der Waals surface area (Å²) in [6.45, 7) is 8.26. The monoisotopic (exact) mass is 300 g/mol. The van der Waals surface area contributed by atoms with Crippen molar-refractivity contribution in [3.8, 4) is 5.75 Å². The van der Waals surface area contributed by atoms with Gasteiger partial charge in [0.05, 0.1) is 6.61 Å². The summed E-state index contributed by atoms with van der Waals surface area (Å²) in [5, 5.41) is 0. The Balaban J connectivity index is 1.21. The fourth-order valence-corrected chi connectivity index (χ4v) is 3.24. The van der Waals surface area contributed by atoms with Gasteiger partial charge in [-0.25, -0.2) is 0 Å². The highest BCUT2D eigenvalue weighted by atomic mass is 16.5. The number of nitrogens with zero attached hydrogens (tertiary/aromatic N) is 2.